The molecule has 0 aromatic carbocycles. The molecule has 0 aromatic rings. The van der Waals surface area contributed by atoms with E-state index in [-0.39, 0.29) is 25.7 Å². The number of carbonyl (C=O) groups is 4. The standard InChI is InChI=1S/C93H144O17P2/c1-5-9-13-17-21-25-29-33-37-41-43-47-50-54-58-62-66-70-74-78-91(96)104-84-88(109-92(97)79-75-71-67-63-59-55-51-46-40-36-32-28-24-20-16-12-8-4)85-107-111(99,100)105-81-87(94)82-106-112(101,102)108-86-89(83-103-90(95)77-73-69-65-61-57-53-49-45-39-35-31-27-23-19-15-11-7-3)110-93(98)80-76-72-68-64-60-56-52-48-44-42-38-34-30-26-22-18-14-10-6-2/h9-10,13-14,21-28,33-40,43-44,47-49,51,53-56,58,60-61,63,65,67-68,72,87-89,94H,5-8,11-12,15-20,29-32,41-42,45-46,50,52,57,59,62,64,66,69-71,73-86H2,1-4H3,(H,99,100)(H,101,102)/b13-9-,14-10-,25-21-,26-22-,27-23-,28-24-,37-33-,38-34-,39-35-,40-36-,47-43-,48-44-,53-49-,55-51-,58-54-,60-56-,65-61-,67-63-,72-68-/t87-,88-,89-/m1/s1. The van der Waals surface area contributed by atoms with Gasteiger partial charge in [0, 0.05) is 25.7 Å². The van der Waals surface area contributed by atoms with Gasteiger partial charge in [0.05, 0.1) is 26.4 Å². The SMILES string of the molecule is CC/C=C\C/C=C\C/C=C\C/C=C\C/C=C\C/C=C\CCC(=O)O[C@H](COC(=O)CCC/C=C\C/C=C\C/C=C\C/C=C\CCCCC)COP(=O)(O)OC[C@H](O)COP(=O)(O)OC[C@@H](COC(=O)CCCCC/C=C\C/C=C\C/C=C\C/C=C\C/C=C\CC)OC(=O)CCC/C=C\C/C=C\C/C=C\C/C=C\CCCCC. The third kappa shape index (κ3) is 81.1. The lowest BCUT2D eigenvalue weighted by Gasteiger charge is -2.21. The highest BCUT2D eigenvalue weighted by Gasteiger charge is 2.30. The number of esters is 4. The lowest BCUT2D eigenvalue weighted by molar-refractivity contribution is -0.161. The lowest BCUT2D eigenvalue weighted by atomic mass is 10.1. The Morgan fingerprint density at radius 1 is 0.259 bits per heavy atom. The van der Waals surface area contributed by atoms with Crippen LogP contribution in [0.2, 0.25) is 0 Å². The third-order valence-corrected chi connectivity index (χ3v) is 18.0. The van der Waals surface area contributed by atoms with Gasteiger partial charge in [0.2, 0.25) is 0 Å². The predicted octanol–water partition coefficient (Wildman–Crippen LogP) is 25.0. The molecule has 0 radical (unpaired) electrons. The van der Waals surface area contributed by atoms with Crippen LogP contribution in [0.5, 0.6) is 0 Å². The Morgan fingerprint density at radius 3 is 0.786 bits per heavy atom. The van der Waals surface area contributed by atoms with Gasteiger partial charge in [-0.25, -0.2) is 9.13 Å². The Bertz CT molecular complexity index is 3040. The number of rotatable bonds is 75. The zero-order valence-corrected chi connectivity index (χ0v) is 70.5. The van der Waals surface area contributed by atoms with E-state index in [1.165, 1.54) is 38.5 Å². The van der Waals surface area contributed by atoms with E-state index >= 15 is 0 Å². The van der Waals surface area contributed by atoms with Crippen LogP contribution in [0.1, 0.15) is 272 Å². The van der Waals surface area contributed by atoms with Crippen LogP contribution in [0, 0.1) is 0 Å². The molecule has 0 amide bonds. The van der Waals surface area contributed by atoms with Crippen molar-refractivity contribution in [2.45, 2.75) is 290 Å². The molecule has 0 rings (SSSR count). The molecule has 5 atom stereocenters. The number of aliphatic hydroxyl groups is 1. The van der Waals surface area contributed by atoms with E-state index in [9.17, 15) is 43.2 Å². The van der Waals surface area contributed by atoms with Gasteiger partial charge < -0.3 is 33.8 Å². The summed E-state index contributed by atoms with van der Waals surface area (Å²) < 4.78 is 68.5. The number of phosphoric ester groups is 2. The van der Waals surface area contributed by atoms with Gasteiger partial charge in [-0.3, -0.25) is 37.3 Å². The highest BCUT2D eigenvalue weighted by molar-refractivity contribution is 7.47. The van der Waals surface area contributed by atoms with E-state index in [1.807, 2.05) is 42.5 Å². The van der Waals surface area contributed by atoms with Crippen LogP contribution in [0.25, 0.3) is 0 Å². The summed E-state index contributed by atoms with van der Waals surface area (Å²) in [6.45, 7) is 4.30. The minimum Gasteiger partial charge on any atom is -0.462 e. The topological polar surface area (TPSA) is 237 Å². The van der Waals surface area contributed by atoms with E-state index in [0.29, 0.717) is 44.9 Å². The zero-order valence-electron chi connectivity index (χ0n) is 68.7. The summed E-state index contributed by atoms with van der Waals surface area (Å²) in [5.41, 5.74) is 0. The van der Waals surface area contributed by atoms with Gasteiger partial charge in [0.15, 0.2) is 12.2 Å². The average molecular weight is 1600 g/mol. The molecule has 0 aromatic heterocycles. The van der Waals surface area contributed by atoms with Crippen molar-refractivity contribution in [3.63, 3.8) is 0 Å². The van der Waals surface area contributed by atoms with Crippen molar-refractivity contribution in [2.75, 3.05) is 39.6 Å². The molecule has 0 aliphatic rings. The second kappa shape index (κ2) is 82.1. The molecule has 0 saturated carbocycles. The van der Waals surface area contributed by atoms with Gasteiger partial charge in [-0.2, -0.15) is 0 Å². The molecule has 0 fully saturated rings. The molecule has 112 heavy (non-hydrogen) atoms. The van der Waals surface area contributed by atoms with Crippen LogP contribution in [-0.4, -0.2) is 96.7 Å². The smallest absolute Gasteiger partial charge is 0.462 e. The minimum atomic E-state index is -5.03. The van der Waals surface area contributed by atoms with Gasteiger partial charge in [0.25, 0.3) is 0 Å². The minimum absolute atomic E-state index is 0.00246. The van der Waals surface area contributed by atoms with E-state index in [1.54, 1.807) is 0 Å². The van der Waals surface area contributed by atoms with Gasteiger partial charge in [-0.1, -0.05) is 291 Å². The van der Waals surface area contributed by atoms with Crippen molar-refractivity contribution in [1.29, 1.82) is 0 Å². The second-order valence-corrected chi connectivity index (χ2v) is 29.5. The van der Waals surface area contributed by atoms with Crippen LogP contribution in [0.3, 0.4) is 0 Å². The van der Waals surface area contributed by atoms with Crippen LogP contribution in [0.15, 0.2) is 231 Å². The molecular formula is C93H144O17P2. The Hall–Kier alpha value is -6.88. The summed E-state index contributed by atoms with van der Waals surface area (Å²) in [5.74, 6) is -2.47. The first-order chi connectivity index (χ1) is 54.7. The molecule has 628 valence electrons. The van der Waals surface area contributed by atoms with E-state index < -0.39 is 97.5 Å². The predicted molar refractivity (Wildman–Crippen MR) is 463 cm³/mol. The van der Waals surface area contributed by atoms with Crippen LogP contribution >= 0.6 is 15.6 Å². The Labute approximate surface area is 676 Å². The van der Waals surface area contributed by atoms with E-state index in [4.69, 9.17) is 37.0 Å². The summed E-state index contributed by atoms with van der Waals surface area (Å²) in [6.07, 6.45) is 106. The van der Waals surface area contributed by atoms with Gasteiger partial charge in [-0.15, -0.1) is 0 Å². The maximum Gasteiger partial charge on any atom is 0.472 e. The first-order valence-electron chi connectivity index (χ1n) is 41.6. The number of aliphatic hydroxyl groups excluding tert-OH is 1. The van der Waals surface area contributed by atoms with Crippen LogP contribution in [0.4, 0.5) is 0 Å². The zero-order chi connectivity index (χ0) is 81.7. The summed E-state index contributed by atoms with van der Waals surface area (Å²) in [6, 6.07) is 0. The molecule has 19 heteroatoms. The maximum atomic E-state index is 13.1. The van der Waals surface area contributed by atoms with Crippen LogP contribution in [-0.2, 0) is 65.4 Å². The molecule has 2 unspecified atom stereocenters. The van der Waals surface area contributed by atoms with Crippen LogP contribution < -0.4 is 0 Å². The van der Waals surface area contributed by atoms with Crippen molar-refractivity contribution in [1.82, 2.24) is 0 Å². The molecule has 0 bridgehead atoms. The van der Waals surface area contributed by atoms with Crippen molar-refractivity contribution >= 4 is 39.5 Å². The summed E-state index contributed by atoms with van der Waals surface area (Å²) in [7, 11) is -10.1. The molecule has 0 saturated heterocycles. The molecular weight excluding hydrogens is 1450 g/mol. The normalized spacial score (nSPS) is 15.0. The number of phosphoric acid groups is 2. The first-order valence-corrected chi connectivity index (χ1v) is 44.6. The van der Waals surface area contributed by atoms with Crippen molar-refractivity contribution in [2.24, 2.45) is 0 Å². The molecule has 0 aliphatic carbocycles. The largest absolute Gasteiger partial charge is 0.472 e. The summed E-state index contributed by atoms with van der Waals surface area (Å²) in [5, 5.41) is 10.7. The Kier molecular flexibility index (Phi) is 77.1. The van der Waals surface area contributed by atoms with Crippen molar-refractivity contribution in [3.05, 3.63) is 231 Å². The van der Waals surface area contributed by atoms with Crippen molar-refractivity contribution in [3.8, 4) is 0 Å². The van der Waals surface area contributed by atoms with Gasteiger partial charge >= 0.3 is 39.5 Å². The number of hydrogen-bond donors (Lipinski definition) is 3. The molecule has 3 N–H and O–H groups in total. The highest BCUT2D eigenvalue weighted by atomic mass is 31.2. The fraction of sp³-hybridized carbons (Fsp3) is 0.548. The average Bonchev–Trinajstić information content (AvgIpc) is 0.896. The van der Waals surface area contributed by atoms with E-state index in [0.717, 1.165) is 135 Å². The lowest BCUT2D eigenvalue weighted by Crippen LogP contribution is -2.30. The summed E-state index contributed by atoms with van der Waals surface area (Å²) >= 11 is 0. The maximum absolute atomic E-state index is 13.1. The van der Waals surface area contributed by atoms with Gasteiger partial charge in [-0.05, 0) is 186 Å². The fourth-order valence-electron chi connectivity index (χ4n) is 9.84. The molecule has 0 spiro atoms. The second-order valence-electron chi connectivity index (χ2n) is 26.6. The number of carbonyl (C=O) groups excluding carboxylic acids is 4. The Morgan fingerprint density at radius 2 is 0.491 bits per heavy atom. The number of unbranched alkanes of at least 4 members (excludes halogenated alkanes) is 11. The Balaban J connectivity index is 5.62. The molecule has 17 nitrogen and oxygen atoms in total. The third-order valence-electron chi connectivity index (χ3n) is 16.1. The number of hydrogen-bond acceptors (Lipinski definition) is 15. The quantitative estimate of drug-likeness (QED) is 0.0169. The highest BCUT2D eigenvalue weighted by Crippen LogP contribution is 2.45. The van der Waals surface area contributed by atoms with E-state index in [2.05, 4.69) is 216 Å². The van der Waals surface area contributed by atoms with Gasteiger partial charge in [0.1, 0.15) is 19.3 Å². The van der Waals surface area contributed by atoms with Crippen molar-refractivity contribution < 1.29 is 80.2 Å². The molecule has 0 aliphatic heterocycles. The summed E-state index contributed by atoms with van der Waals surface area (Å²) in [4.78, 5) is 73.1. The number of allylic oxidation sites excluding steroid dienone is 38. The number of ether oxygens (including phenoxy) is 4. The molecule has 0 heterocycles. The first kappa shape index (κ1) is 105. The fourth-order valence-corrected chi connectivity index (χ4v) is 11.4. The monoisotopic (exact) mass is 1590 g/mol.